The zero-order valence-electron chi connectivity index (χ0n) is 19.5. The van der Waals surface area contributed by atoms with E-state index in [-0.39, 0.29) is 30.3 Å². The van der Waals surface area contributed by atoms with Gasteiger partial charge in [-0.3, -0.25) is 9.58 Å². The number of hydrogen-bond acceptors (Lipinski definition) is 6. The second-order valence-corrected chi connectivity index (χ2v) is 12.5. The van der Waals surface area contributed by atoms with Crippen LogP contribution in [0, 0.1) is 6.92 Å². The molecule has 0 unspecified atom stereocenters. The average molecular weight is 562 g/mol. The number of aromatic nitrogens is 3. The summed E-state index contributed by atoms with van der Waals surface area (Å²) in [6.07, 6.45) is 6.21. The first-order valence-corrected chi connectivity index (χ1v) is 14.2. The minimum absolute atomic E-state index is 0. The highest BCUT2D eigenvalue weighted by molar-refractivity contribution is 9.10. The monoisotopic (exact) mass is 560 g/mol. The second-order valence-electron chi connectivity index (χ2n) is 9.38. The number of morpholine rings is 1. The molecule has 184 valence electrons. The van der Waals surface area contributed by atoms with E-state index in [0.717, 1.165) is 48.2 Å². The van der Waals surface area contributed by atoms with Crippen molar-refractivity contribution >= 4 is 38.2 Å². The van der Waals surface area contributed by atoms with Gasteiger partial charge < -0.3 is 4.74 Å². The molecule has 7 nitrogen and oxygen atoms in total. The van der Waals surface area contributed by atoms with E-state index in [1.54, 1.807) is 0 Å². The van der Waals surface area contributed by atoms with Crippen LogP contribution in [-0.2, 0) is 28.0 Å². The molecule has 0 amide bonds. The van der Waals surface area contributed by atoms with E-state index in [9.17, 15) is 8.42 Å². The molecule has 1 saturated carbocycles. The highest BCUT2D eigenvalue weighted by atomic mass is 79.9. The van der Waals surface area contributed by atoms with E-state index in [0.29, 0.717) is 25.1 Å². The maximum atomic E-state index is 11.9. The Labute approximate surface area is 211 Å². The van der Waals surface area contributed by atoms with Crippen molar-refractivity contribution in [2.24, 2.45) is 7.05 Å². The molecule has 2 heterocycles. The molecule has 2 atom stereocenters. The Balaban J connectivity index is 0.00000306. The second kappa shape index (κ2) is 11.2. The maximum absolute atomic E-state index is 11.9. The molecular weight excluding hydrogens is 528 g/mol. The Bertz CT molecular complexity index is 1000. The summed E-state index contributed by atoms with van der Waals surface area (Å²) in [7, 11) is -1.14. The van der Waals surface area contributed by atoms with E-state index in [1.807, 2.05) is 18.7 Å². The summed E-state index contributed by atoms with van der Waals surface area (Å²) in [4.78, 5) is 7.19. The lowest BCUT2D eigenvalue weighted by atomic mass is 9.83. The SMILES string of the molecule is Cc1nc(C2CCC(N3C[C@H](CS(C)(=O)=O)OC[C@@H]3Cc3ccc(Br)cc3)CC2)nn1C.Cl. The molecule has 1 aliphatic heterocycles. The summed E-state index contributed by atoms with van der Waals surface area (Å²) in [5.74, 6) is 2.41. The Kier molecular flexibility index (Phi) is 9.00. The fourth-order valence-corrected chi connectivity index (χ4v) is 6.20. The fourth-order valence-electron chi connectivity index (χ4n) is 5.06. The van der Waals surface area contributed by atoms with Crippen molar-refractivity contribution in [2.45, 2.75) is 63.1 Å². The van der Waals surface area contributed by atoms with Gasteiger partial charge in [0, 0.05) is 42.3 Å². The van der Waals surface area contributed by atoms with E-state index < -0.39 is 9.84 Å². The van der Waals surface area contributed by atoms with Crippen molar-refractivity contribution in [2.75, 3.05) is 25.2 Å². The smallest absolute Gasteiger partial charge is 0.153 e. The molecule has 1 aromatic heterocycles. The van der Waals surface area contributed by atoms with Gasteiger partial charge in [-0.1, -0.05) is 28.1 Å². The molecule has 0 radical (unpaired) electrons. The van der Waals surface area contributed by atoms with Crippen LogP contribution in [0.4, 0.5) is 0 Å². The van der Waals surface area contributed by atoms with E-state index >= 15 is 0 Å². The van der Waals surface area contributed by atoms with Gasteiger partial charge in [-0.2, -0.15) is 5.10 Å². The Morgan fingerprint density at radius 3 is 2.39 bits per heavy atom. The van der Waals surface area contributed by atoms with Crippen molar-refractivity contribution in [1.29, 1.82) is 0 Å². The lowest BCUT2D eigenvalue weighted by Gasteiger charge is -2.46. The molecule has 1 aromatic carbocycles. The average Bonchev–Trinajstić information content (AvgIpc) is 3.08. The van der Waals surface area contributed by atoms with Gasteiger partial charge in [0.2, 0.25) is 0 Å². The van der Waals surface area contributed by atoms with Gasteiger partial charge in [0.1, 0.15) is 15.7 Å². The van der Waals surface area contributed by atoms with Crippen LogP contribution in [0.25, 0.3) is 0 Å². The molecule has 2 aliphatic rings. The van der Waals surface area contributed by atoms with Crippen molar-refractivity contribution < 1.29 is 13.2 Å². The minimum Gasteiger partial charge on any atom is -0.374 e. The van der Waals surface area contributed by atoms with Gasteiger partial charge in [0.25, 0.3) is 0 Å². The lowest BCUT2D eigenvalue weighted by molar-refractivity contribution is -0.0756. The van der Waals surface area contributed by atoms with Crippen molar-refractivity contribution in [3.05, 3.63) is 46.0 Å². The highest BCUT2D eigenvalue weighted by Gasteiger charge is 2.37. The summed E-state index contributed by atoms with van der Waals surface area (Å²) in [6, 6.07) is 9.13. The summed E-state index contributed by atoms with van der Waals surface area (Å²) >= 11 is 3.51. The summed E-state index contributed by atoms with van der Waals surface area (Å²) in [6.45, 7) is 3.23. The van der Waals surface area contributed by atoms with E-state index in [1.165, 1.54) is 11.8 Å². The van der Waals surface area contributed by atoms with Crippen LogP contribution in [0.15, 0.2) is 28.7 Å². The third-order valence-electron chi connectivity index (χ3n) is 6.81. The first-order valence-electron chi connectivity index (χ1n) is 11.3. The number of benzene rings is 1. The van der Waals surface area contributed by atoms with Crippen LogP contribution in [0.2, 0.25) is 0 Å². The van der Waals surface area contributed by atoms with Gasteiger partial charge in [0.05, 0.1) is 18.5 Å². The third-order valence-corrected chi connectivity index (χ3v) is 8.31. The van der Waals surface area contributed by atoms with Gasteiger partial charge in [-0.05, 0) is 56.7 Å². The molecular formula is C23H34BrClN4O3S. The molecule has 33 heavy (non-hydrogen) atoms. The largest absolute Gasteiger partial charge is 0.374 e. The van der Waals surface area contributed by atoms with Crippen molar-refractivity contribution in [3.8, 4) is 0 Å². The molecule has 1 aliphatic carbocycles. The normalized spacial score (nSPS) is 26.7. The molecule has 0 bridgehead atoms. The number of hydrogen-bond donors (Lipinski definition) is 0. The molecule has 2 fully saturated rings. The van der Waals surface area contributed by atoms with Gasteiger partial charge >= 0.3 is 0 Å². The maximum Gasteiger partial charge on any atom is 0.153 e. The molecule has 10 heteroatoms. The van der Waals surface area contributed by atoms with Crippen LogP contribution >= 0.6 is 28.3 Å². The minimum atomic E-state index is -3.08. The van der Waals surface area contributed by atoms with Gasteiger partial charge in [-0.25, -0.2) is 13.4 Å². The van der Waals surface area contributed by atoms with Crippen molar-refractivity contribution in [3.63, 3.8) is 0 Å². The molecule has 0 N–H and O–H groups in total. The van der Waals surface area contributed by atoms with Crippen LogP contribution < -0.4 is 0 Å². The van der Waals surface area contributed by atoms with Crippen molar-refractivity contribution in [1.82, 2.24) is 19.7 Å². The quantitative estimate of drug-likeness (QED) is 0.535. The standard InChI is InChI=1S/C23H33BrN4O3S.ClH/c1-16-25-23(26-27(16)2)18-6-10-20(11-7-18)28-13-22(15-32(3,29)30)31-14-21(28)12-17-4-8-19(24)9-5-17;/h4-5,8-9,18,20-22H,6-7,10-15H2,1-3H3;1H/t18?,20?,21-,22+;/m0./s1. The first kappa shape index (κ1) is 26.6. The number of nitrogens with zero attached hydrogens (tertiary/aromatic N) is 4. The van der Waals surface area contributed by atoms with E-state index in [2.05, 4.69) is 55.2 Å². The summed E-state index contributed by atoms with van der Waals surface area (Å²) < 4.78 is 32.8. The number of sulfone groups is 1. The van der Waals surface area contributed by atoms with Crippen LogP contribution in [0.1, 0.15) is 48.8 Å². The van der Waals surface area contributed by atoms with E-state index in [4.69, 9.17) is 4.74 Å². The number of rotatable bonds is 6. The fraction of sp³-hybridized carbons (Fsp3) is 0.652. The first-order chi connectivity index (χ1) is 15.2. The molecule has 0 spiro atoms. The highest BCUT2D eigenvalue weighted by Crippen LogP contribution is 2.35. The van der Waals surface area contributed by atoms with Crippen LogP contribution in [0.3, 0.4) is 0 Å². The third kappa shape index (κ3) is 7.01. The Morgan fingerprint density at radius 2 is 1.82 bits per heavy atom. The molecule has 1 saturated heterocycles. The zero-order valence-corrected chi connectivity index (χ0v) is 22.7. The van der Waals surface area contributed by atoms with Crippen LogP contribution in [-0.4, -0.2) is 71.4 Å². The number of aryl methyl sites for hydroxylation is 2. The zero-order chi connectivity index (χ0) is 22.9. The molecule has 4 rings (SSSR count). The predicted molar refractivity (Wildman–Crippen MR) is 136 cm³/mol. The summed E-state index contributed by atoms with van der Waals surface area (Å²) in [5, 5.41) is 4.60. The van der Waals surface area contributed by atoms with Crippen LogP contribution in [0.5, 0.6) is 0 Å². The number of ether oxygens (including phenoxy) is 1. The predicted octanol–water partition coefficient (Wildman–Crippen LogP) is 3.69. The topological polar surface area (TPSA) is 77.3 Å². The Morgan fingerprint density at radius 1 is 1.15 bits per heavy atom. The summed E-state index contributed by atoms with van der Waals surface area (Å²) in [5.41, 5.74) is 1.27. The van der Waals surface area contributed by atoms with Gasteiger partial charge in [-0.15, -0.1) is 12.4 Å². The lowest BCUT2D eigenvalue weighted by Crippen LogP contribution is -2.56. The molecule has 2 aromatic rings. The number of halogens is 2. The Hall–Kier alpha value is -1.00. The van der Waals surface area contributed by atoms with Gasteiger partial charge in [0.15, 0.2) is 5.82 Å².